The van der Waals surface area contributed by atoms with Gasteiger partial charge in [0.2, 0.25) is 0 Å². The molecule has 1 amide bonds. The van der Waals surface area contributed by atoms with Crippen LogP contribution in [0.4, 0.5) is 10.6 Å². The van der Waals surface area contributed by atoms with Gasteiger partial charge in [-0.3, -0.25) is 15.2 Å². The Hall–Kier alpha value is -2.05. The third-order valence-corrected chi connectivity index (χ3v) is 2.38. The van der Waals surface area contributed by atoms with Gasteiger partial charge in [-0.1, -0.05) is 6.92 Å². The van der Waals surface area contributed by atoms with Gasteiger partial charge in [-0.2, -0.15) is 5.10 Å². The summed E-state index contributed by atoms with van der Waals surface area (Å²) in [5.41, 5.74) is -0.192. The lowest BCUT2D eigenvalue weighted by atomic mass is 9.99. The SMILES string of the molecule is CCC(C(=O)O)c1cn[nH]c1NC(=O)OC(C)(C)C. The van der Waals surface area contributed by atoms with E-state index in [1.165, 1.54) is 6.20 Å². The first-order chi connectivity index (χ1) is 8.74. The van der Waals surface area contributed by atoms with E-state index in [0.717, 1.165) is 0 Å². The Labute approximate surface area is 111 Å². The molecule has 0 aromatic carbocycles. The molecule has 1 aromatic heterocycles. The number of anilines is 1. The van der Waals surface area contributed by atoms with Gasteiger partial charge in [0.15, 0.2) is 0 Å². The summed E-state index contributed by atoms with van der Waals surface area (Å²) < 4.78 is 5.09. The normalized spacial score (nSPS) is 12.8. The molecule has 0 aliphatic rings. The van der Waals surface area contributed by atoms with E-state index in [0.29, 0.717) is 12.0 Å². The van der Waals surface area contributed by atoms with Gasteiger partial charge in [-0.25, -0.2) is 4.79 Å². The number of nitrogens with one attached hydrogen (secondary N) is 2. The van der Waals surface area contributed by atoms with Gasteiger partial charge in [-0.05, 0) is 27.2 Å². The van der Waals surface area contributed by atoms with Crippen LogP contribution in [0.3, 0.4) is 0 Å². The van der Waals surface area contributed by atoms with E-state index >= 15 is 0 Å². The summed E-state index contributed by atoms with van der Waals surface area (Å²) >= 11 is 0. The molecule has 0 saturated heterocycles. The standard InChI is InChI=1S/C12H19N3O4/c1-5-7(10(16)17)8-6-13-15-9(8)14-11(18)19-12(2,3)4/h6-7H,5H2,1-4H3,(H,16,17)(H2,13,14,15,18). The van der Waals surface area contributed by atoms with Crippen molar-refractivity contribution in [3.63, 3.8) is 0 Å². The first-order valence-electron chi connectivity index (χ1n) is 6.00. The highest BCUT2D eigenvalue weighted by atomic mass is 16.6. The predicted molar refractivity (Wildman–Crippen MR) is 69.1 cm³/mol. The molecule has 3 N–H and O–H groups in total. The van der Waals surface area contributed by atoms with E-state index < -0.39 is 23.6 Å². The Morgan fingerprint density at radius 1 is 1.53 bits per heavy atom. The largest absolute Gasteiger partial charge is 0.481 e. The Kier molecular flexibility index (Phi) is 4.52. The maximum Gasteiger partial charge on any atom is 0.413 e. The molecule has 0 aliphatic heterocycles. The molecule has 1 unspecified atom stereocenters. The first-order valence-corrected chi connectivity index (χ1v) is 6.00. The van der Waals surface area contributed by atoms with Crippen molar-refractivity contribution in [3.05, 3.63) is 11.8 Å². The van der Waals surface area contributed by atoms with Crippen LogP contribution in [0.15, 0.2) is 6.20 Å². The van der Waals surface area contributed by atoms with Gasteiger partial charge < -0.3 is 9.84 Å². The molecule has 1 rings (SSSR count). The van der Waals surface area contributed by atoms with Crippen LogP contribution < -0.4 is 5.32 Å². The molecule has 7 heteroatoms. The molecule has 0 radical (unpaired) electrons. The summed E-state index contributed by atoms with van der Waals surface area (Å²) in [6.07, 6.45) is 1.14. The maximum absolute atomic E-state index is 11.6. The molecule has 0 saturated carbocycles. The summed E-state index contributed by atoms with van der Waals surface area (Å²) in [5.74, 6) is -1.43. The lowest BCUT2D eigenvalue weighted by Crippen LogP contribution is -2.28. The van der Waals surface area contributed by atoms with Gasteiger partial charge in [0.05, 0.1) is 12.1 Å². The predicted octanol–water partition coefficient (Wildman–Crippen LogP) is 2.33. The zero-order chi connectivity index (χ0) is 14.6. The summed E-state index contributed by atoms with van der Waals surface area (Å²) in [6, 6.07) is 0. The number of hydrogen-bond donors (Lipinski definition) is 3. The third kappa shape index (κ3) is 4.27. The van der Waals surface area contributed by atoms with E-state index in [1.54, 1.807) is 27.7 Å². The molecule has 0 bridgehead atoms. The smallest absolute Gasteiger partial charge is 0.413 e. The van der Waals surface area contributed by atoms with Gasteiger partial charge in [0.25, 0.3) is 0 Å². The number of amides is 1. The fraction of sp³-hybridized carbons (Fsp3) is 0.583. The van der Waals surface area contributed by atoms with E-state index in [9.17, 15) is 9.59 Å². The van der Waals surface area contributed by atoms with Crippen molar-refractivity contribution in [1.29, 1.82) is 0 Å². The van der Waals surface area contributed by atoms with Crippen LogP contribution in [0.25, 0.3) is 0 Å². The number of carboxylic acids is 1. The average molecular weight is 269 g/mol. The van der Waals surface area contributed by atoms with Crippen LogP contribution >= 0.6 is 0 Å². The lowest BCUT2D eigenvalue weighted by Gasteiger charge is -2.20. The highest BCUT2D eigenvalue weighted by molar-refractivity contribution is 5.86. The molecule has 1 atom stereocenters. The van der Waals surface area contributed by atoms with Crippen molar-refractivity contribution in [1.82, 2.24) is 10.2 Å². The van der Waals surface area contributed by atoms with Crippen LogP contribution in [-0.4, -0.2) is 33.0 Å². The second-order valence-electron chi connectivity index (χ2n) is 5.13. The Bertz CT molecular complexity index is 462. The van der Waals surface area contributed by atoms with Crippen molar-refractivity contribution in [2.24, 2.45) is 0 Å². The minimum absolute atomic E-state index is 0.253. The fourth-order valence-electron chi connectivity index (χ4n) is 1.59. The van der Waals surface area contributed by atoms with Crippen molar-refractivity contribution in [2.75, 3.05) is 5.32 Å². The Morgan fingerprint density at radius 2 is 2.16 bits per heavy atom. The summed E-state index contributed by atoms with van der Waals surface area (Å²) in [5, 5.41) is 17.9. The number of aliphatic carboxylic acids is 1. The quantitative estimate of drug-likeness (QED) is 0.778. The number of carboxylic acid groups (broad SMARTS) is 1. The fourth-order valence-corrected chi connectivity index (χ4v) is 1.59. The van der Waals surface area contributed by atoms with Gasteiger partial charge >= 0.3 is 12.1 Å². The number of H-pyrrole nitrogens is 1. The van der Waals surface area contributed by atoms with Crippen LogP contribution in [0.1, 0.15) is 45.6 Å². The van der Waals surface area contributed by atoms with Crippen molar-refractivity contribution >= 4 is 17.9 Å². The number of aromatic amines is 1. The number of ether oxygens (including phenoxy) is 1. The average Bonchev–Trinajstić information content (AvgIpc) is 2.63. The molecule has 1 aromatic rings. The monoisotopic (exact) mass is 269 g/mol. The Morgan fingerprint density at radius 3 is 2.63 bits per heavy atom. The summed E-state index contributed by atoms with van der Waals surface area (Å²) in [4.78, 5) is 22.7. The van der Waals surface area contributed by atoms with E-state index in [-0.39, 0.29) is 5.82 Å². The number of carbonyl (C=O) groups is 2. The summed E-state index contributed by atoms with van der Waals surface area (Å²) in [6.45, 7) is 6.98. The van der Waals surface area contributed by atoms with E-state index in [2.05, 4.69) is 15.5 Å². The molecular weight excluding hydrogens is 250 g/mol. The molecule has 0 fully saturated rings. The minimum atomic E-state index is -0.962. The topological polar surface area (TPSA) is 104 Å². The lowest BCUT2D eigenvalue weighted by molar-refractivity contribution is -0.138. The molecule has 7 nitrogen and oxygen atoms in total. The van der Waals surface area contributed by atoms with E-state index in [1.807, 2.05) is 0 Å². The zero-order valence-corrected chi connectivity index (χ0v) is 11.5. The number of aromatic nitrogens is 2. The van der Waals surface area contributed by atoms with Crippen molar-refractivity contribution in [3.8, 4) is 0 Å². The van der Waals surface area contributed by atoms with Gasteiger partial charge in [0, 0.05) is 5.56 Å². The van der Waals surface area contributed by atoms with Crippen LogP contribution in [0, 0.1) is 0 Å². The zero-order valence-electron chi connectivity index (χ0n) is 11.5. The number of carbonyl (C=O) groups excluding carboxylic acids is 1. The highest BCUT2D eigenvalue weighted by Crippen LogP contribution is 2.25. The van der Waals surface area contributed by atoms with Crippen LogP contribution in [-0.2, 0) is 9.53 Å². The minimum Gasteiger partial charge on any atom is -0.481 e. The molecule has 0 aliphatic carbocycles. The van der Waals surface area contributed by atoms with Crippen LogP contribution in [0.2, 0.25) is 0 Å². The molecule has 106 valence electrons. The van der Waals surface area contributed by atoms with Gasteiger partial charge in [-0.15, -0.1) is 0 Å². The second kappa shape index (κ2) is 5.73. The van der Waals surface area contributed by atoms with Crippen molar-refractivity contribution in [2.45, 2.75) is 45.6 Å². The van der Waals surface area contributed by atoms with E-state index in [4.69, 9.17) is 9.84 Å². The molecule has 1 heterocycles. The molecule has 0 spiro atoms. The second-order valence-corrected chi connectivity index (χ2v) is 5.13. The van der Waals surface area contributed by atoms with Crippen molar-refractivity contribution < 1.29 is 19.4 Å². The third-order valence-electron chi connectivity index (χ3n) is 2.38. The number of hydrogen-bond acceptors (Lipinski definition) is 4. The summed E-state index contributed by atoms with van der Waals surface area (Å²) in [7, 11) is 0. The Balaban J connectivity index is 2.83. The van der Waals surface area contributed by atoms with Crippen LogP contribution in [0.5, 0.6) is 0 Å². The maximum atomic E-state index is 11.6. The highest BCUT2D eigenvalue weighted by Gasteiger charge is 2.24. The van der Waals surface area contributed by atoms with Gasteiger partial charge in [0.1, 0.15) is 11.4 Å². The molecule has 19 heavy (non-hydrogen) atoms. The number of nitrogens with zero attached hydrogens (tertiary/aromatic N) is 1. The molecular formula is C12H19N3O4. The first kappa shape index (κ1) is 15.0. The number of rotatable bonds is 4.